The lowest BCUT2D eigenvalue weighted by Gasteiger charge is -2.38. The molecule has 0 aromatic rings. The standard InChI is InChI=1S/C13H26N2/c1-3-13(7-4-8-14-13)11-15-9-5-12(2)6-10-15/h12,14H,3-11H2,1-2H3. The first-order valence-corrected chi connectivity index (χ1v) is 6.71. The number of hydrogen-bond donors (Lipinski definition) is 1. The van der Waals surface area contributed by atoms with Gasteiger partial charge in [-0.3, -0.25) is 0 Å². The summed E-state index contributed by atoms with van der Waals surface area (Å²) in [6.45, 7) is 9.90. The van der Waals surface area contributed by atoms with Crippen molar-refractivity contribution in [2.45, 2.75) is 51.5 Å². The lowest BCUT2D eigenvalue weighted by molar-refractivity contribution is 0.141. The Morgan fingerprint density at radius 3 is 2.60 bits per heavy atom. The van der Waals surface area contributed by atoms with Gasteiger partial charge in [0.1, 0.15) is 0 Å². The summed E-state index contributed by atoms with van der Waals surface area (Å²) < 4.78 is 0. The van der Waals surface area contributed by atoms with Gasteiger partial charge in [0.15, 0.2) is 0 Å². The summed E-state index contributed by atoms with van der Waals surface area (Å²) in [6, 6.07) is 0. The summed E-state index contributed by atoms with van der Waals surface area (Å²) in [6.07, 6.45) is 6.85. The Labute approximate surface area is 94.4 Å². The second-order valence-corrected chi connectivity index (χ2v) is 5.62. The molecule has 0 aromatic heterocycles. The number of likely N-dealkylation sites (tertiary alicyclic amines) is 1. The maximum atomic E-state index is 3.74. The SMILES string of the molecule is CCC1(CN2CCC(C)CC2)CCCN1. The maximum absolute atomic E-state index is 3.74. The Morgan fingerprint density at radius 2 is 2.07 bits per heavy atom. The molecule has 2 fully saturated rings. The van der Waals surface area contributed by atoms with E-state index in [1.54, 1.807) is 0 Å². The van der Waals surface area contributed by atoms with Crippen LogP contribution in [0.5, 0.6) is 0 Å². The molecule has 1 unspecified atom stereocenters. The van der Waals surface area contributed by atoms with Gasteiger partial charge < -0.3 is 10.2 Å². The molecule has 1 N–H and O–H groups in total. The third-order valence-electron chi connectivity index (χ3n) is 4.41. The summed E-state index contributed by atoms with van der Waals surface area (Å²) in [5.74, 6) is 0.954. The minimum atomic E-state index is 0.459. The fourth-order valence-corrected chi connectivity index (χ4v) is 3.07. The van der Waals surface area contributed by atoms with E-state index in [1.165, 1.54) is 58.3 Å². The van der Waals surface area contributed by atoms with Gasteiger partial charge >= 0.3 is 0 Å². The highest BCUT2D eigenvalue weighted by Gasteiger charge is 2.33. The molecule has 2 rings (SSSR count). The van der Waals surface area contributed by atoms with E-state index in [-0.39, 0.29) is 0 Å². The first-order valence-electron chi connectivity index (χ1n) is 6.71. The second-order valence-electron chi connectivity index (χ2n) is 5.62. The van der Waals surface area contributed by atoms with Gasteiger partial charge in [-0.1, -0.05) is 13.8 Å². The average Bonchev–Trinajstić information content (AvgIpc) is 2.71. The molecular weight excluding hydrogens is 184 g/mol. The predicted molar refractivity (Wildman–Crippen MR) is 65.1 cm³/mol. The van der Waals surface area contributed by atoms with E-state index in [4.69, 9.17) is 0 Å². The molecule has 2 nitrogen and oxygen atoms in total. The van der Waals surface area contributed by atoms with Crippen LogP contribution in [-0.2, 0) is 0 Å². The zero-order valence-electron chi connectivity index (χ0n) is 10.4. The van der Waals surface area contributed by atoms with Crippen molar-refractivity contribution in [2.75, 3.05) is 26.2 Å². The molecule has 0 aromatic carbocycles. The number of hydrogen-bond acceptors (Lipinski definition) is 2. The lowest BCUT2D eigenvalue weighted by atomic mass is 9.91. The van der Waals surface area contributed by atoms with Gasteiger partial charge in [0.05, 0.1) is 0 Å². The minimum absolute atomic E-state index is 0.459. The molecule has 2 saturated heterocycles. The molecule has 15 heavy (non-hydrogen) atoms. The molecule has 2 aliphatic heterocycles. The quantitative estimate of drug-likeness (QED) is 0.768. The second kappa shape index (κ2) is 4.84. The van der Waals surface area contributed by atoms with Crippen LogP contribution >= 0.6 is 0 Å². The minimum Gasteiger partial charge on any atom is -0.310 e. The van der Waals surface area contributed by atoms with Crippen molar-refractivity contribution >= 4 is 0 Å². The maximum Gasteiger partial charge on any atom is 0.0306 e. The Bertz CT molecular complexity index is 189. The first kappa shape index (κ1) is 11.4. The summed E-state index contributed by atoms with van der Waals surface area (Å²) in [5.41, 5.74) is 0.459. The molecule has 2 aliphatic rings. The zero-order chi connectivity index (χ0) is 10.7. The number of nitrogens with zero attached hydrogens (tertiary/aromatic N) is 1. The molecular formula is C13H26N2. The molecule has 0 aliphatic carbocycles. The van der Waals surface area contributed by atoms with Crippen molar-refractivity contribution in [3.8, 4) is 0 Å². The predicted octanol–water partition coefficient (Wildman–Crippen LogP) is 2.25. The fraction of sp³-hybridized carbons (Fsp3) is 1.00. The normalized spacial score (nSPS) is 34.8. The highest BCUT2D eigenvalue weighted by molar-refractivity contribution is 4.95. The van der Waals surface area contributed by atoms with Crippen molar-refractivity contribution in [1.82, 2.24) is 10.2 Å². The van der Waals surface area contributed by atoms with Crippen LogP contribution in [0.1, 0.15) is 46.0 Å². The number of nitrogens with one attached hydrogen (secondary N) is 1. The molecule has 0 radical (unpaired) electrons. The molecule has 2 heteroatoms. The molecule has 2 heterocycles. The van der Waals surface area contributed by atoms with E-state index < -0.39 is 0 Å². The van der Waals surface area contributed by atoms with Crippen molar-refractivity contribution in [3.63, 3.8) is 0 Å². The van der Waals surface area contributed by atoms with E-state index >= 15 is 0 Å². The van der Waals surface area contributed by atoms with Crippen molar-refractivity contribution < 1.29 is 0 Å². The topological polar surface area (TPSA) is 15.3 Å². The summed E-state index contributed by atoms with van der Waals surface area (Å²) in [5, 5.41) is 3.74. The molecule has 1 atom stereocenters. The van der Waals surface area contributed by atoms with Crippen LogP contribution in [0.4, 0.5) is 0 Å². The van der Waals surface area contributed by atoms with Crippen LogP contribution in [0, 0.1) is 5.92 Å². The first-order chi connectivity index (χ1) is 7.24. The van der Waals surface area contributed by atoms with E-state index in [0.717, 1.165) is 5.92 Å². The highest BCUT2D eigenvalue weighted by Crippen LogP contribution is 2.26. The van der Waals surface area contributed by atoms with Gasteiger partial charge in [0.2, 0.25) is 0 Å². The monoisotopic (exact) mass is 210 g/mol. The lowest BCUT2D eigenvalue weighted by Crippen LogP contribution is -2.51. The van der Waals surface area contributed by atoms with Crippen LogP contribution in [0.25, 0.3) is 0 Å². The summed E-state index contributed by atoms with van der Waals surface area (Å²) >= 11 is 0. The smallest absolute Gasteiger partial charge is 0.0306 e. The highest BCUT2D eigenvalue weighted by atomic mass is 15.2. The third-order valence-corrected chi connectivity index (χ3v) is 4.41. The average molecular weight is 210 g/mol. The largest absolute Gasteiger partial charge is 0.310 e. The van der Waals surface area contributed by atoms with E-state index in [2.05, 4.69) is 24.1 Å². The van der Waals surface area contributed by atoms with Crippen molar-refractivity contribution in [3.05, 3.63) is 0 Å². The molecule has 88 valence electrons. The Balaban J connectivity index is 1.84. The van der Waals surface area contributed by atoms with Crippen LogP contribution in [0.3, 0.4) is 0 Å². The van der Waals surface area contributed by atoms with Gasteiger partial charge in [-0.15, -0.1) is 0 Å². The van der Waals surface area contributed by atoms with Crippen molar-refractivity contribution in [2.24, 2.45) is 5.92 Å². The third kappa shape index (κ3) is 2.73. The van der Waals surface area contributed by atoms with Gasteiger partial charge in [0.25, 0.3) is 0 Å². The molecule has 0 saturated carbocycles. The van der Waals surface area contributed by atoms with Gasteiger partial charge in [0, 0.05) is 12.1 Å². The Kier molecular flexibility index (Phi) is 3.68. The van der Waals surface area contributed by atoms with Crippen LogP contribution in [-0.4, -0.2) is 36.6 Å². The van der Waals surface area contributed by atoms with Gasteiger partial charge in [-0.25, -0.2) is 0 Å². The number of rotatable bonds is 3. The van der Waals surface area contributed by atoms with E-state index in [1.807, 2.05) is 0 Å². The van der Waals surface area contributed by atoms with E-state index in [9.17, 15) is 0 Å². The molecule has 0 bridgehead atoms. The van der Waals surface area contributed by atoms with E-state index in [0.29, 0.717) is 5.54 Å². The molecule has 0 amide bonds. The summed E-state index contributed by atoms with van der Waals surface area (Å²) in [4.78, 5) is 2.68. The van der Waals surface area contributed by atoms with Crippen LogP contribution in [0.15, 0.2) is 0 Å². The van der Waals surface area contributed by atoms with Crippen LogP contribution in [0.2, 0.25) is 0 Å². The van der Waals surface area contributed by atoms with Gasteiger partial charge in [-0.05, 0) is 57.7 Å². The zero-order valence-corrected chi connectivity index (χ0v) is 10.4. The fourth-order valence-electron chi connectivity index (χ4n) is 3.07. The summed E-state index contributed by atoms with van der Waals surface area (Å²) in [7, 11) is 0. The number of piperidine rings is 1. The Hall–Kier alpha value is -0.0800. The molecule has 0 spiro atoms. The van der Waals surface area contributed by atoms with Crippen LogP contribution < -0.4 is 5.32 Å². The van der Waals surface area contributed by atoms with Crippen molar-refractivity contribution in [1.29, 1.82) is 0 Å². The Morgan fingerprint density at radius 1 is 1.33 bits per heavy atom. The van der Waals surface area contributed by atoms with Gasteiger partial charge in [-0.2, -0.15) is 0 Å².